The zero-order chi connectivity index (χ0) is 17.8. The number of nitrogens with one attached hydrogen (secondary N) is 1. The molecule has 0 saturated heterocycles. The van der Waals surface area contributed by atoms with Gasteiger partial charge in [-0.25, -0.2) is 0 Å². The minimum absolute atomic E-state index is 0.174. The maximum Gasteiger partial charge on any atom is 0.262 e. The Balaban J connectivity index is 1.67. The molecule has 25 heavy (non-hydrogen) atoms. The van der Waals surface area contributed by atoms with Crippen LogP contribution in [0.25, 0.3) is 10.8 Å². The number of anilines is 1. The first-order valence-corrected chi connectivity index (χ1v) is 8.12. The highest BCUT2D eigenvalue weighted by Gasteiger charge is 2.11. The van der Waals surface area contributed by atoms with Gasteiger partial charge < -0.3 is 10.1 Å². The van der Waals surface area contributed by atoms with E-state index in [4.69, 9.17) is 16.3 Å². The van der Waals surface area contributed by atoms with Crippen molar-refractivity contribution in [3.05, 3.63) is 71.2 Å². The van der Waals surface area contributed by atoms with Crippen LogP contribution in [0.15, 0.2) is 60.7 Å². The van der Waals surface area contributed by atoms with Gasteiger partial charge in [0.25, 0.3) is 5.91 Å². The number of halogens is 1. The normalized spacial score (nSPS) is 10.5. The lowest BCUT2D eigenvalue weighted by atomic mass is 10.1. The molecule has 1 amide bonds. The maximum absolute atomic E-state index is 12.1. The average Bonchev–Trinajstić information content (AvgIpc) is 2.60. The number of hydrogen-bond donors (Lipinski definition) is 1. The second-order valence-electron chi connectivity index (χ2n) is 5.60. The van der Waals surface area contributed by atoms with Gasteiger partial charge in [-0.2, -0.15) is 0 Å². The van der Waals surface area contributed by atoms with Gasteiger partial charge in [0.05, 0.1) is 5.56 Å². The molecule has 0 aliphatic carbocycles. The summed E-state index contributed by atoms with van der Waals surface area (Å²) in [4.78, 5) is 23.8. The molecular weight excluding hydrogens is 338 g/mol. The molecule has 0 heterocycles. The molecule has 3 aromatic rings. The van der Waals surface area contributed by atoms with Gasteiger partial charge in [0.15, 0.2) is 12.4 Å². The Labute approximate surface area is 150 Å². The highest BCUT2D eigenvalue weighted by molar-refractivity contribution is 6.31. The number of amides is 1. The number of Topliss-reactive ketones (excluding diaryl/α,β-unsaturated/α-hetero) is 1. The van der Waals surface area contributed by atoms with E-state index in [-0.39, 0.29) is 18.3 Å². The van der Waals surface area contributed by atoms with Gasteiger partial charge in [-0.15, -0.1) is 0 Å². The summed E-state index contributed by atoms with van der Waals surface area (Å²) in [6.07, 6.45) is 0. The van der Waals surface area contributed by atoms with Gasteiger partial charge in [0.2, 0.25) is 0 Å². The number of fused-ring (bicyclic) bond motifs is 1. The highest BCUT2D eigenvalue weighted by Crippen LogP contribution is 2.23. The molecule has 0 unspecified atom stereocenters. The lowest BCUT2D eigenvalue weighted by Crippen LogP contribution is -2.20. The lowest BCUT2D eigenvalue weighted by Gasteiger charge is -2.11. The average molecular weight is 354 g/mol. The molecule has 1 N–H and O–H groups in total. The molecule has 0 aliphatic rings. The number of ketones is 1. The van der Waals surface area contributed by atoms with Crippen molar-refractivity contribution in [3.63, 3.8) is 0 Å². The van der Waals surface area contributed by atoms with Crippen molar-refractivity contribution in [2.75, 3.05) is 11.9 Å². The molecule has 0 aromatic heterocycles. The number of rotatable bonds is 5. The standard InChI is InChI=1S/C20H16ClNO3/c1-13(23)18-11-16(21)7-9-19(18)25-12-20(24)22-17-8-6-14-4-2-3-5-15(14)10-17/h2-11H,12H2,1H3,(H,22,24). The van der Waals surface area contributed by atoms with E-state index in [2.05, 4.69) is 5.32 Å². The summed E-state index contributed by atoms with van der Waals surface area (Å²) >= 11 is 5.89. The van der Waals surface area contributed by atoms with Crippen molar-refractivity contribution < 1.29 is 14.3 Å². The van der Waals surface area contributed by atoms with E-state index in [0.717, 1.165) is 10.8 Å². The fourth-order valence-electron chi connectivity index (χ4n) is 2.51. The van der Waals surface area contributed by atoms with Gasteiger partial charge in [0, 0.05) is 10.7 Å². The van der Waals surface area contributed by atoms with E-state index in [1.165, 1.54) is 13.0 Å². The van der Waals surface area contributed by atoms with Crippen LogP contribution in [0.4, 0.5) is 5.69 Å². The van der Waals surface area contributed by atoms with Crippen LogP contribution in [-0.4, -0.2) is 18.3 Å². The molecule has 0 aliphatic heterocycles. The zero-order valence-electron chi connectivity index (χ0n) is 13.6. The van der Waals surface area contributed by atoms with E-state index in [9.17, 15) is 9.59 Å². The molecule has 0 radical (unpaired) electrons. The van der Waals surface area contributed by atoms with Crippen molar-refractivity contribution in [2.24, 2.45) is 0 Å². The van der Waals surface area contributed by atoms with Crippen molar-refractivity contribution >= 4 is 39.8 Å². The van der Waals surface area contributed by atoms with Crippen molar-refractivity contribution in [1.29, 1.82) is 0 Å². The first-order valence-electron chi connectivity index (χ1n) is 7.75. The minimum atomic E-state index is -0.306. The maximum atomic E-state index is 12.1. The summed E-state index contributed by atoms with van der Waals surface area (Å²) in [6.45, 7) is 1.22. The third-order valence-corrected chi connectivity index (χ3v) is 3.95. The number of benzene rings is 3. The van der Waals surface area contributed by atoms with Crippen molar-refractivity contribution in [3.8, 4) is 5.75 Å². The molecule has 0 saturated carbocycles. The topological polar surface area (TPSA) is 55.4 Å². The summed E-state index contributed by atoms with van der Waals surface area (Å²) in [7, 11) is 0. The highest BCUT2D eigenvalue weighted by atomic mass is 35.5. The third kappa shape index (κ3) is 4.17. The number of carbonyl (C=O) groups is 2. The van der Waals surface area contributed by atoms with E-state index in [0.29, 0.717) is 22.0 Å². The Bertz CT molecular complexity index is 953. The molecule has 0 fully saturated rings. The second kappa shape index (κ2) is 7.36. The fraction of sp³-hybridized carbons (Fsp3) is 0.100. The Morgan fingerprint density at radius 1 is 1.00 bits per heavy atom. The van der Waals surface area contributed by atoms with Crippen LogP contribution in [0.2, 0.25) is 5.02 Å². The Morgan fingerprint density at radius 2 is 1.76 bits per heavy atom. The predicted octanol–water partition coefficient (Wildman–Crippen LogP) is 4.71. The Hall–Kier alpha value is -2.85. The zero-order valence-corrected chi connectivity index (χ0v) is 14.3. The van der Waals surface area contributed by atoms with Gasteiger partial charge in [-0.05, 0) is 48.0 Å². The molecule has 4 nitrogen and oxygen atoms in total. The SMILES string of the molecule is CC(=O)c1cc(Cl)ccc1OCC(=O)Nc1ccc2ccccc2c1. The molecular formula is C20H16ClNO3. The quantitative estimate of drug-likeness (QED) is 0.675. The first kappa shape index (κ1) is 17.0. The van der Waals surface area contributed by atoms with Crippen LogP contribution in [0, 0.1) is 0 Å². The van der Waals surface area contributed by atoms with E-state index in [1.807, 2.05) is 42.5 Å². The van der Waals surface area contributed by atoms with Crippen molar-refractivity contribution in [1.82, 2.24) is 0 Å². The number of carbonyl (C=O) groups excluding carboxylic acids is 2. The molecule has 3 aromatic carbocycles. The van der Waals surface area contributed by atoms with Crippen LogP contribution in [0.1, 0.15) is 17.3 Å². The van der Waals surface area contributed by atoms with Crippen LogP contribution in [0.3, 0.4) is 0 Å². The summed E-state index contributed by atoms with van der Waals surface area (Å²) in [5.41, 5.74) is 1.04. The first-order chi connectivity index (χ1) is 12.0. The number of ether oxygens (including phenoxy) is 1. The summed E-state index contributed by atoms with van der Waals surface area (Å²) in [6, 6.07) is 18.3. The Kier molecular flexibility index (Phi) is 5.00. The summed E-state index contributed by atoms with van der Waals surface area (Å²) < 4.78 is 5.48. The predicted molar refractivity (Wildman–Crippen MR) is 99.5 cm³/mol. The lowest BCUT2D eigenvalue weighted by molar-refractivity contribution is -0.118. The molecule has 5 heteroatoms. The van der Waals surface area contributed by atoms with Gasteiger partial charge in [-0.3, -0.25) is 9.59 Å². The molecule has 0 bridgehead atoms. The number of hydrogen-bond acceptors (Lipinski definition) is 3. The van der Waals surface area contributed by atoms with Crippen LogP contribution in [0.5, 0.6) is 5.75 Å². The summed E-state index contributed by atoms with van der Waals surface area (Å²) in [5, 5.41) is 5.37. The minimum Gasteiger partial charge on any atom is -0.483 e. The monoisotopic (exact) mass is 353 g/mol. The Morgan fingerprint density at radius 3 is 2.52 bits per heavy atom. The van der Waals surface area contributed by atoms with E-state index < -0.39 is 0 Å². The molecule has 0 atom stereocenters. The smallest absolute Gasteiger partial charge is 0.262 e. The van der Waals surface area contributed by atoms with Crippen LogP contribution >= 0.6 is 11.6 Å². The van der Waals surface area contributed by atoms with Gasteiger partial charge >= 0.3 is 0 Å². The summed E-state index contributed by atoms with van der Waals surface area (Å²) in [5.74, 6) is -0.141. The van der Waals surface area contributed by atoms with Crippen LogP contribution in [-0.2, 0) is 4.79 Å². The third-order valence-electron chi connectivity index (χ3n) is 3.71. The van der Waals surface area contributed by atoms with Gasteiger partial charge in [0.1, 0.15) is 5.75 Å². The largest absolute Gasteiger partial charge is 0.483 e. The molecule has 0 spiro atoms. The van der Waals surface area contributed by atoms with Crippen molar-refractivity contribution in [2.45, 2.75) is 6.92 Å². The molecule has 3 rings (SSSR count). The van der Waals surface area contributed by atoms with E-state index >= 15 is 0 Å². The molecule has 126 valence electrons. The van der Waals surface area contributed by atoms with E-state index in [1.54, 1.807) is 12.1 Å². The van der Waals surface area contributed by atoms with Crippen LogP contribution < -0.4 is 10.1 Å². The second-order valence-corrected chi connectivity index (χ2v) is 6.03. The fourth-order valence-corrected chi connectivity index (χ4v) is 2.68. The van der Waals surface area contributed by atoms with Gasteiger partial charge in [-0.1, -0.05) is 41.9 Å².